The Balaban J connectivity index is 1.36. The second-order valence-electron chi connectivity index (χ2n) is 6.93. The molecular formula is C20H15ClF3N3O5. The maximum atomic E-state index is 12.4. The molecule has 0 unspecified atom stereocenters. The molecule has 4 rings (SSSR count). The van der Waals surface area contributed by atoms with Gasteiger partial charge in [-0.05, 0) is 33.7 Å². The number of imidazole rings is 1. The summed E-state index contributed by atoms with van der Waals surface area (Å²) in [5.41, 5.74) is 2.25. The zero-order chi connectivity index (χ0) is 22.9. The predicted molar refractivity (Wildman–Crippen MR) is 107 cm³/mol. The third kappa shape index (κ3) is 5.11. The van der Waals surface area contributed by atoms with Crippen LogP contribution in [0.2, 0.25) is 5.02 Å². The van der Waals surface area contributed by atoms with Crippen molar-refractivity contribution in [2.45, 2.75) is 25.6 Å². The molecule has 32 heavy (non-hydrogen) atoms. The molecule has 1 aliphatic rings. The van der Waals surface area contributed by atoms with E-state index in [1.165, 1.54) is 29.0 Å². The van der Waals surface area contributed by atoms with E-state index in [0.29, 0.717) is 12.1 Å². The molecule has 8 nitrogen and oxygen atoms in total. The van der Waals surface area contributed by atoms with Crippen molar-refractivity contribution in [3.63, 3.8) is 0 Å². The van der Waals surface area contributed by atoms with Crippen LogP contribution in [0, 0.1) is 10.1 Å². The van der Waals surface area contributed by atoms with Gasteiger partial charge in [-0.2, -0.15) is 0 Å². The summed E-state index contributed by atoms with van der Waals surface area (Å²) in [6.07, 6.45) is -3.82. The van der Waals surface area contributed by atoms with Gasteiger partial charge in [0.2, 0.25) is 0 Å². The van der Waals surface area contributed by atoms with E-state index >= 15 is 0 Å². The van der Waals surface area contributed by atoms with Crippen molar-refractivity contribution in [2.75, 3.05) is 6.61 Å². The lowest BCUT2D eigenvalue weighted by molar-refractivity contribution is -0.389. The summed E-state index contributed by atoms with van der Waals surface area (Å²) in [6, 6.07) is 11.5. The molecule has 12 heteroatoms. The van der Waals surface area contributed by atoms with E-state index in [0.717, 1.165) is 11.1 Å². The van der Waals surface area contributed by atoms with E-state index in [1.54, 1.807) is 12.1 Å². The fourth-order valence-corrected chi connectivity index (χ4v) is 3.37. The van der Waals surface area contributed by atoms with Crippen LogP contribution in [-0.2, 0) is 17.9 Å². The van der Waals surface area contributed by atoms with Crippen molar-refractivity contribution in [1.29, 1.82) is 0 Å². The van der Waals surface area contributed by atoms with Gasteiger partial charge in [0.25, 0.3) is 0 Å². The van der Waals surface area contributed by atoms with Gasteiger partial charge in [0.05, 0.1) is 18.2 Å². The number of rotatable bonds is 6. The monoisotopic (exact) mass is 469 g/mol. The summed E-state index contributed by atoms with van der Waals surface area (Å²) in [7, 11) is 0. The Hall–Kier alpha value is -3.31. The van der Waals surface area contributed by atoms with Gasteiger partial charge in [0.15, 0.2) is 0 Å². The molecule has 168 valence electrons. The fraction of sp³-hybridized carbons (Fsp3) is 0.250. The first-order valence-corrected chi connectivity index (χ1v) is 9.66. The van der Waals surface area contributed by atoms with Crippen LogP contribution in [0.3, 0.4) is 0 Å². The first-order valence-electron chi connectivity index (χ1n) is 9.28. The largest absolute Gasteiger partial charge is 0.573 e. The molecule has 0 aliphatic carbocycles. The van der Waals surface area contributed by atoms with Gasteiger partial charge in [-0.1, -0.05) is 41.9 Å². The summed E-state index contributed by atoms with van der Waals surface area (Å²) in [6.45, 7) is 0.871. The Kier molecular flexibility index (Phi) is 5.94. The highest BCUT2D eigenvalue weighted by Gasteiger charge is 2.32. The SMILES string of the molecule is O=[N+]([O-])c1cn2c(n1)OC[C@@H](OCc1ccc(-c3ccc(OC(F)(F)F)c(Cl)c3)cc1)C2. The lowest BCUT2D eigenvalue weighted by Gasteiger charge is -2.22. The molecular weight excluding hydrogens is 455 g/mol. The molecule has 0 fully saturated rings. The van der Waals surface area contributed by atoms with E-state index in [-0.39, 0.29) is 36.2 Å². The number of hydrogen-bond acceptors (Lipinski definition) is 6. The summed E-state index contributed by atoms with van der Waals surface area (Å²) in [5.74, 6) is -0.747. The zero-order valence-corrected chi connectivity index (χ0v) is 17.0. The molecule has 1 atom stereocenters. The fourth-order valence-electron chi connectivity index (χ4n) is 3.16. The van der Waals surface area contributed by atoms with Crippen LogP contribution in [0.5, 0.6) is 11.8 Å². The second-order valence-corrected chi connectivity index (χ2v) is 7.33. The number of benzene rings is 2. The molecule has 1 aromatic heterocycles. The average Bonchev–Trinajstić information content (AvgIpc) is 3.17. The molecule has 0 saturated heterocycles. The van der Waals surface area contributed by atoms with Crippen LogP contribution in [0.25, 0.3) is 11.1 Å². The van der Waals surface area contributed by atoms with E-state index in [2.05, 4.69) is 9.72 Å². The minimum Gasteiger partial charge on any atom is -0.443 e. The summed E-state index contributed by atoms with van der Waals surface area (Å²) in [5, 5.41) is 10.7. The Morgan fingerprint density at radius 3 is 2.59 bits per heavy atom. The molecule has 1 aliphatic heterocycles. The number of aromatic nitrogens is 2. The van der Waals surface area contributed by atoms with Crippen LogP contribution in [-0.4, -0.2) is 33.5 Å². The number of ether oxygens (including phenoxy) is 3. The molecule has 0 radical (unpaired) electrons. The number of fused-ring (bicyclic) bond motifs is 1. The number of hydrogen-bond donors (Lipinski definition) is 0. The molecule has 0 saturated carbocycles. The number of nitro groups is 1. The van der Waals surface area contributed by atoms with Gasteiger partial charge in [0, 0.05) is 4.98 Å². The summed E-state index contributed by atoms with van der Waals surface area (Å²) < 4.78 is 53.8. The standard InChI is InChI=1S/C20H15ClF3N3O5/c21-16-7-14(5-6-17(16)32-20(22,23)24)13-3-1-12(2-4-13)10-30-15-8-26-9-18(27(28)29)25-19(26)31-11-15/h1-7,9,15H,8,10-11H2/t15-/m0/s1. The number of halogens is 4. The third-order valence-electron chi connectivity index (χ3n) is 4.64. The highest BCUT2D eigenvalue weighted by atomic mass is 35.5. The predicted octanol–water partition coefficient (Wildman–Crippen LogP) is 4.99. The molecule has 0 amide bonds. The Bertz CT molecular complexity index is 1130. The van der Waals surface area contributed by atoms with Gasteiger partial charge in [0.1, 0.15) is 24.7 Å². The van der Waals surface area contributed by atoms with Gasteiger partial charge < -0.3 is 24.3 Å². The van der Waals surface area contributed by atoms with Crippen LogP contribution in [0.15, 0.2) is 48.7 Å². The first-order chi connectivity index (χ1) is 15.2. The Morgan fingerprint density at radius 2 is 1.94 bits per heavy atom. The lowest BCUT2D eigenvalue weighted by Crippen LogP contribution is -2.32. The quantitative estimate of drug-likeness (QED) is 0.373. The minimum atomic E-state index is -4.82. The van der Waals surface area contributed by atoms with Crippen LogP contribution in [0.1, 0.15) is 5.56 Å². The number of nitrogens with zero attached hydrogens (tertiary/aromatic N) is 3. The van der Waals surface area contributed by atoms with E-state index in [4.69, 9.17) is 21.1 Å². The van der Waals surface area contributed by atoms with Gasteiger partial charge >= 0.3 is 18.2 Å². The van der Waals surface area contributed by atoms with Crippen molar-refractivity contribution in [2.24, 2.45) is 0 Å². The number of alkyl halides is 3. The van der Waals surface area contributed by atoms with Crippen molar-refractivity contribution >= 4 is 17.4 Å². The van der Waals surface area contributed by atoms with E-state index in [1.807, 2.05) is 12.1 Å². The maximum absolute atomic E-state index is 12.4. The average molecular weight is 470 g/mol. The van der Waals surface area contributed by atoms with Gasteiger partial charge in [-0.25, -0.2) is 0 Å². The lowest BCUT2D eigenvalue weighted by atomic mass is 10.0. The van der Waals surface area contributed by atoms with Crippen molar-refractivity contribution < 1.29 is 32.3 Å². The van der Waals surface area contributed by atoms with E-state index in [9.17, 15) is 23.3 Å². The molecule has 3 aromatic rings. The van der Waals surface area contributed by atoms with Crippen molar-refractivity contribution in [3.05, 3.63) is 69.4 Å². The summed E-state index contributed by atoms with van der Waals surface area (Å²) in [4.78, 5) is 14.0. The smallest absolute Gasteiger partial charge is 0.443 e. The van der Waals surface area contributed by atoms with Crippen molar-refractivity contribution in [1.82, 2.24) is 9.55 Å². The molecule has 2 aromatic carbocycles. The normalized spacial score (nSPS) is 15.7. The molecule has 0 spiro atoms. The zero-order valence-electron chi connectivity index (χ0n) is 16.2. The highest BCUT2D eigenvalue weighted by Crippen LogP contribution is 2.34. The molecule has 2 heterocycles. The first kappa shape index (κ1) is 21.9. The minimum absolute atomic E-state index is 0.149. The maximum Gasteiger partial charge on any atom is 0.573 e. The van der Waals surface area contributed by atoms with Crippen LogP contribution >= 0.6 is 11.6 Å². The topological polar surface area (TPSA) is 88.7 Å². The van der Waals surface area contributed by atoms with Gasteiger partial charge in [-0.3, -0.25) is 4.57 Å². The molecule has 0 bridgehead atoms. The second kappa shape index (κ2) is 8.67. The van der Waals surface area contributed by atoms with Gasteiger partial charge in [-0.15, -0.1) is 13.2 Å². The highest BCUT2D eigenvalue weighted by molar-refractivity contribution is 6.32. The Morgan fingerprint density at radius 1 is 1.22 bits per heavy atom. The van der Waals surface area contributed by atoms with Crippen molar-refractivity contribution in [3.8, 4) is 22.9 Å². The van der Waals surface area contributed by atoms with E-state index < -0.39 is 17.0 Å². The third-order valence-corrected chi connectivity index (χ3v) is 4.94. The molecule has 0 N–H and O–H groups in total. The summed E-state index contributed by atoms with van der Waals surface area (Å²) >= 11 is 5.91. The Labute approximate surface area is 184 Å². The van der Waals surface area contributed by atoms with Crippen LogP contribution < -0.4 is 9.47 Å². The van der Waals surface area contributed by atoms with Crippen LogP contribution in [0.4, 0.5) is 19.0 Å².